The molecule has 0 spiro atoms. The lowest BCUT2D eigenvalue weighted by Crippen LogP contribution is -1.98. The maximum absolute atomic E-state index is 3.12. The number of nitrogens with one attached hydrogen (secondary N) is 1. The fourth-order valence-corrected chi connectivity index (χ4v) is 1.50. The van der Waals surface area contributed by atoms with Gasteiger partial charge in [0.05, 0.1) is 5.03 Å². The Morgan fingerprint density at radius 1 is 1.75 bits per heavy atom. The summed E-state index contributed by atoms with van der Waals surface area (Å²) in [5.41, 5.74) is 0. The van der Waals surface area contributed by atoms with Crippen molar-refractivity contribution >= 4 is 23.7 Å². The first-order chi connectivity index (χ1) is 3.93. The second kappa shape index (κ2) is 3.10. The molecule has 0 radical (unpaired) electrons. The quantitative estimate of drug-likeness (QED) is 0.566. The molecular formula is C5H7NS2. The van der Waals surface area contributed by atoms with Gasteiger partial charge >= 0.3 is 0 Å². The average molecular weight is 145 g/mol. The predicted molar refractivity (Wildman–Crippen MR) is 41.5 cm³/mol. The lowest BCUT2D eigenvalue weighted by Gasteiger charge is -2.05. The van der Waals surface area contributed by atoms with Crippen LogP contribution in [0.4, 0.5) is 0 Å². The van der Waals surface area contributed by atoms with E-state index in [-0.39, 0.29) is 0 Å². The van der Waals surface area contributed by atoms with E-state index in [2.05, 4.69) is 17.1 Å². The van der Waals surface area contributed by atoms with Crippen LogP contribution in [-0.4, -0.2) is 6.26 Å². The molecule has 0 saturated carbocycles. The Hall–Kier alpha value is -0.0200. The van der Waals surface area contributed by atoms with E-state index in [1.165, 1.54) is 5.03 Å². The van der Waals surface area contributed by atoms with Crippen molar-refractivity contribution in [2.75, 3.05) is 6.26 Å². The summed E-state index contributed by atoms with van der Waals surface area (Å²) in [6.45, 7) is 0. The minimum Gasteiger partial charge on any atom is -0.321 e. The van der Waals surface area contributed by atoms with Gasteiger partial charge in [0.2, 0.25) is 0 Å². The first kappa shape index (κ1) is 6.11. The van der Waals surface area contributed by atoms with Crippen LogP contribution in [0, 0.1) is 0 Å². The maximum atomic E-state index is 3.12. The molecule has 3 heteroatoms. The minimum absolute atomic E-state index is 1.22. The highest BCUT2D eigenvalue weighted by atomic mass is 32.2. The molecule has 0 amide bonds. The van der Waals surface area contributed by atoms with Gasteiger partial charge in [-0.15, -0.1) is 11.8 Å². The molecule has 44 valence electrons. The first-order valence-electron chi connectivity index (χ1n) is 2.26. The van der Waals surface area contributed by atoms with Crippen LogP contribution in [0.1, 0.15) is 0 Å². The Morgan fingerprint density at radius 2 is 2.62 bits per heavy atom. The van der Waals surface area contributed by atoms with Crippen LogP contribution in [0.5, 0.6) is 0 Å². The number of allylic oxidation sites excluding steroid dienone is 2. The van der Waals surface area contributed by atoms with Crippen molar-refractivity contribution in [2.24, 2.45) is 0 Å². The van der Waals surface area contributed by atoms with E-state index in [4.69, 9.17) is 0 Å². The van der Waals surface area contributed by atoms with Gasteiger partial charge in [-0.25, -0.2) is 0 Å². The summed E-state index contributed by atoms with van der Waals surface area (Å²) in [6, 6.07) is 0. The molecule has 0 unspecified atom stereocenters. The summed E-state index contributed by atoms with van der Waals surface area (Å²) in [4.78, 5) is 0. The fourth-order valence-electron chi connectivity index (χ4n) is 0.402. The second-order valence-electron chi connectivity index (χ2n) is 1.28. The molecule has 1 heterocycles. The molecule has 1 nitrogen and oxygen atoms in total. The van der Waals surface area contributed by atoms with Gasteiger partial charge in [0.15, 0.2) is 0 Å². The molecule has 1 rings (SSSR count). The lowest BCUT2D eigenvalue weighted by atomic mass is 10.6. The Morgan fingerprint density at radius 3 is 3.00 bits per heavy atom. The van der Waals surface area contributed by atoms with Gasteiger partial charge in [-0.3, -0.25) is 0 Å². The summed E-state index contributed by atoms with van der Waals surface area (Å²) in [6.07, 6.45) is 6.15. The van der Waals surface area contributed by atoms with Gasteiger partial charge in [-0.1, -0.05) is 6.08 Å². The van der Waals surface area contributed by atoms with E-state index in [0.717, 1.165) is 0 Å². The number of rotatable bonds is 1. The zero-order valence-corrected chi connectivity index (χ0v) is 6.18. The Labute approximate surface area is 57.7 Å². The van der Waals surface area contributed by atoms with Gasteiger partial charge in [0, 0.05) is 0 Å². The lowest BCUT2D eigenvalue weighted by molar-refractivity contribution is 1.37. The van der Waals surface area contributed by atoms with Crippen molar-refractivity contribution in [1.82, 2.24) is 4.72 Å². The maximum Gasteiger partial charge on any atom is 0.0780 e. The van der Waals surface area contributed by atoms with Gasteiger partial charge in [0.25, 0.3) is 0 Å². The van der Waals surface area contributed by atoms with Gasteiger partial charge in [-0.05, 0) is 29.7 Å². The zero-order valence-electron chi connectivity index (χ0n) is 4.55. The van der Waals surface area contributed by atoms with Crippen LogP contribution in [0.3, 0.4) is 0 Å². The third-order valence-electron chi connectivity index (χ3n) is 0.774. The van der Waals surface area contributed by atoms with Crippen LogP contribution in [-0.2, 0) is 0 Å². The smallest absolute Gasteiger partial charge is 0.0780 e. The molecule has 8 heavy (non-hydrogen) atoms. The first-order valence-corrected chi connectivity index (χ1v) is 4.36. The summed E-state index contributed by atoms with van der Waals surface area (Å²) in [7, 11) is 0. The van der Waals surface area contributed by atoms with E-state index in [1.54, 1.807) is 23.7 Å². The van der Waals surface area contributed by atoms with E-state index in [1.807, 2.05) is 11.5 Å². The fraction of sp³-hybridized carbons (Fsp3) is 0.200. The molecule has 0 aromatic carbocycles. The van der Waals surface area contributed by atoms with Crippen LogP contribution in [0.15, 0.2) is 22.6 Å². The molecule has 1 aliphatic heterocycles. The number of thioether (sulfide) groups is 1. The van der Waals surface area contributed by atoms with Gasteiger partial charge in [-0.2, -0.15) is 0 Å². The van der Waals surface area contributed by atoms with E-state index in [9.17, 15) is 0 Å². The normalized spacial score (nSPS) is 17.4. The average Bonchev–Trinajstić information content (AvgIpc) is 1.90. The Bertz CT molecular complexity index is 128. The molecule has 0 atom stereocenters. The van der Waals surface area contributed by atoms with Crippen molar-refractivity contribution in [1.29, 1.82) is 0 Å². The zero-order chi connectivity index (χ0) is 5.82. The minimum atomic E-state index is 1.22. The molecule has 0 aliphatic carbocycles. The largest absolute Gasteiger partial charge is 0.321 e. The van der Waals surface area contributed by atoms with Crippen molar-refractivity contribution in [3.8, 4) is 0 Å². The van der Waals surface area contributed by atoms with Crippen LogP contribution < -0.4 is 4.72 Å². The number of hydrogen-bond donors (Lipinski definition) is 1. The number of hydrogen-bond acceptors (Lipinski definition) is 3. The van der Waals surface area contributed by atoms with Crippen LogP contribution >= 0.6 is 23.7 Å². The van der Waals surface area contributed by atoms with Crippen molar-refractivity contribution in [2.45, 2.75) is 0 Å². The molecule has 0 fully saturated rings. The topological polar surface area (TPSA) is 12.0 Å². The Balaban J connectivity index is 2.50. The summed E-state index contributed by atoms with van der Waals surface area (Å²) in [5, 5.41) is 3.23. The molecule has 1 aliphatic rings. The SMILES string of the molecule is CSC1=CC=CSN1. The van der Waals surface area contributed by atoms with Crippen molar-refractivity contribution in [3.63, 3.8) is 0 Å². The van der Waals surface area contributed by atoms with E-state index in [0.29, 0.717) is 0 Å². The molecule has 0 bridgehead atoms. The summed E-state index contributed by atoms with van der Waals surface area (Å²) in [5.74, 6) is 0. The summed E-state index contributed by atoms with van der Waals surface area (Å²) < 4.78 is 3.12. The van der Waals surface area contributed by atoms with Crippen molar-refractivity contribution in [3.05, 3.63) is 22.6 Å². The summed E-state index contributed by atoms with van der Waals surface area (Å²) >= 11 is 3.33. The van der Waals surface area contributed by atoms with E-state index >= 15 is 0 Å². The van der Waals surface area contributed by atoms with Crippen molar-refractivity contribution < 1.29 is 0 Å². The molecule has 0 aromatic heterocycles. The van der Waals surface area contributed by atoms with Crippen LogP contribution in [0.25, 0.3) is 0 Å². The highest BCUT2D eigenvalue weighted by Gasteiger charge is 1.92. The third-order valence-corrected chi connectivity index (χ3v) is 2.21. The van der Waals surface area contributed by atoms with E-state index < -0.39 is 0 Å². The standard InChI is InChI=1S/C5H7NS2/c1-7-5-3-2-4-8-6-5/h2-4,6H,1H3. The van der Waals surface area contributed by atoms with Gasteiger partial charge < -0.3 is 4.72 Å². The highest BCUT2D eigenvalue weighted by Crippen LogP contribution is 2.16. The highest BCUT2D eigenvalue weighted by molar-refractivity contribution is 8.05. The van der Waals surface area contributed by atoms with Gasteiger partial charge in [0.1, 0.15) is 0 Å². The predicted octanol–water partition coefficient (Wildman–Crippen LogP) is 1.96. The second-order valence-corrected chi connectivity index (χ2v) is 2.84. The third kappa shape index (κ3) is 1.49. The monoisotopic (exact) mass is 145 g/mol. The Kier molecular flexibility index (Phi) is 2.36. The molecule has 1 N–H and O–H groups in total. The molecular weight excluding hydrogens is 138 g/mol. The van der Waals surface area contributed by atoms with Crippen LogP contribution in [0.2, 0.25) is 0 Å². The molecule has 0 aromatic rings. The molecule has 0 saturated heterocycles.